The van der Waals surface area contributed by atoms with Crippen molar-refractivity contribution in [2.75, 3.05) is 16.9 Å². The summed E-state index contributed by atoms with van der Waals surface area (Å²) in [6.45, 7) is 3.76. The van der Waals surface area contributed by atoms with E-state index >= 15 is 0 Å². The van der Waals surface area contributed by atoms with Gasteiger partial charge in [0.1, 0.15) is 24.0 Å². The Bertz CT molecular complexity index is 518. The Morgan fingerprint density at radius 3 is 2.89 bits per heavy atom. The zero-order valence-corrected chi connectivity index (χ0v) is 10.8. The van der Waals surface area contributed by atoms with Crippen LogP contribution in [0.25, 0.3) is 0 Å². The Labute approximate surface area is 110 Å². The molecule has 8 nitrogen and oxygen atoms in total. The topological polar surface area (TPSA) is 113 Å². The number of nitrogen functional groups attached to an aromatic ring is 1. The summed E-state index contributed by atoms with van der Waals surface area (Å²) in [4.78, 5) is 33.2. The van der Waals surface area contributed by atoms with Crippen LogP contribution in [0.3, 0.4) is 0 Å². The van der Waals surface area contributed by atoms with Gasteiger partial charge in [-0.2, -0.15) is 0 Å². The fraction of sp³-hybridized carbons (Fsp3) is 0.455. The second-order valence-corrected chi connectivity index (χ2v) is 4.28. The monoisotopic (exact) mass is 264 g/mol. The number of anilines is 2. The van der Waals surface area contributed by atoms with Gasteiger partial charge in [0, 0.05) is 5.56 Å². The van der Waals surface area contributed by atoms with Crippen molar-refractivity contribution in [2.45, 2.75) is 26.3 Å². The molecule has 1 aliphatic rings. The summed E-state index contributed by atoms with van der Waals surface area (Å²) in [6, 6.07) is -0.420. The molecule has 1 saturated heterocycles. The van der Waals surface area contributed by atoms with Crippen molar-refractivity contribution in [1.82, 2.24) is 15.3 Å². The van der Waals surface area contributed by atoms with E-state index in [0.717, 1.165) is 0 Å². The number of aromatic nitrogens is 2. The third-order valence-electron chi connectivity index (χ3n) is 3.11. The van der Waals surface area contributed by atoms with Crippen molar-refractivity contribution in [1.29, 1.82) is 0 Å². The molecule has 0 saturated carbocycles. The van der Waals surface area contributed by atoms with Gasteiger partial charge in [-0.25, -0.2) is 15.8 Å². The van der Waals surface area contributed by atoms with E-state index in [1.165, 1.54) is 6.33 Å². The molecule has 19 heavy (non-hydrogen) atoms. The molecule has 0 spiro atoms. The standard InChI is InChI=1S/C11H16N6O2/c1-3-7-11(19)15-8(18)4-17(7)10-6(2)9(16-12)13-5-14-10/h5,7H,3-4,12H2,1-2H3,(H,13,14,16)(H,15,18,19). The van der Waals surface area contributed by atoms with Gasteiger partial charge < -0.3 is 10.3 Å². The lowest BCUT2D eigenvalue weighted by atomic mass is 10.1. The number of carbonyl (C=O) groups is 2. The van der Waals surface area contributed by atoms with E-state index in [-0.39, 0.29) is 18.4 Å². The predicted molar refractivity (Wildman–Crippen MR) is 69.2 cm³/mol. The van der Waals surface area contributed by atoms with Crippen LogP contribution < -0.4 is 21.5 Å². The van der Waals surface area contributed by atoms with Crippen LogP contribution in [0.15, 0.2) is 6.33 Å². The maximum atomic E-state index is 11.8. The Kier molecular flexibility index (Phi) is 3.61. The molecule has 102 valence electrons. The minimum atomic E-state index is -0.420. The fourth-order valence-electron chi connectivity index (χ4n) is 2.17. The average Bonchev–Trinajstić information content (AvgIpc) is 2.38. The summed E-state index contributed by atoms with van der Waals surface area (Å²) in [5, 5.41) is 2.32. The zero-order valence-electron chi connectivity index (χ0n) is 10.8. The largest absolute Gasteiger partial charge is 0.335 e. The van der Waals surface area contributed by atoms with E-state index in [0.29, 0.717) is 23.6 Å². The van der Waals surface area contributed by atoms with Gasteiger partial charge in [-0.3, -0.25) is 14.9 Å². The Morgan fingerprint density at radius 1 is 1.53 bits per heavy atom. The first kappa shape index (κ1) is 13.2. The van der Waals surface area contributed by atoms with Crippen LogP contribution in [0, 0.1) is 6.92 Å². The normalized spacial score (nSPS) is 19.3. The molecule has 4 N–H and O–H groups in total. The van der Waals surface area contributed by atoms with Crippen molar-refractivity contribution >= 4 is 23.5 Å². The summed E-state index contributed by atoms with van der Waals surface area (Å²) in [6.07, 6.45) is 1.93. The molecular formula is C11H16N6O2. The molecule has 1 atom stereocenters. The van der Waals surface area contributed by atoms with Crippen LogP contribution in [0.2, 0.25) is 0 Å². The maximum Gasteiger partial charge on any atom is 0.249 e. The van der Waals surface area contributed by atoms with Crippen LogP contribution in [0.4, 0.5) is 11.6 Å². The van der Waals surface area contributed by atoms with Gasteiger partial charge in [0.05, 0.1) is 6.54 Å². The molecule has 2 amide bonds. The minimum Gasteiger partial charge on any atom is -0.335 e. The van der Waals surface area contributed by atoms with Gasteiger partial charge in [-0.1, -0.05) is 6.92 Å². The predicted octanol–water partition coefficient (Wildman–Crippen LogP) is -0.688. The molecule has 1 fully saturated rings. The number of amides is 2. The lowest BCUT2D eigenvalue weighted by Gasteiger charge is -2.35. The summed E-state index contributed by atoms with van der Waals surface area (Å²) in [7, 11) is 0. The van der Waals surface area contributed by atoms with E-state index in [1.54, 1.807) is 11.8 Å². The van der Waals surface area contributed by atoms with Crippen LogP contribution in [0.1, 0.15) is 18.9 Å². The first-order valence-corrected chi connectivity index (χ1v) is 5.97. The van der Waals surface area contributed by atoms with Gasteiger partial charge >= 0.3 is 0 Å². The van der Waals surface area contributed by atoms with Crippen molar-refractivity contribution in [3.63, 3.8) is 0 Å². The van der Waals surface area contributed by atoms with Crippen LogP contribution in [0.5, 0.6) is 0 Å². The van der Waals surface area contributed by atoms with Crippen LogP contribution in [-0.2, 0) is 9.59 Å². The first-order valence-electron chi connectivity index (χ1n) is 5.97. The van der Waals surface area contributed by atoms with Gasteiger partial charge in [-0.15, -0.1) is 0 Å². The molecule has 0 radical (unpaired) electrons. The number of hydrogen-bond acceptors (Lipinski definition) is 7. The minimum absolute atomic E-state index is 0.0894. The highest BCUT2D eigenvalue weighted by Gasteiger charge is 2.34. The number of nitrogens with two attached hydrogens (primary N) is 1. The van der Waals surface area contributed by atoms with E-state index in [2.05, 4.69) is 20.7 Å². The number of carbonyl (C=O) groups excluding carboxylic acids is 2. The summed E-state index contributed by atoms with van der Waals surface area (Å²) in [5.74, 6) is 5.73. The Hall–Kier alpha value is -2.22. The number of nitrogens with one attached hydrogen (secondary N) is 2. The molecule has 1 aliphatic heterocycles. The molecule has 2 heterocycles. The molecule has 1 aromatic heterocycles. The quantitative estimate of drug-likeness (QED) is 0.376. The number of hydrazine groups is 1. The molecule has 1 aromatic rings. The first-order chi connectivity index (χ1) is 9.08. The summed E-state index contributed by atoms with van der Waals surface area (Å²) < 4.78 is 0. The molecule has 0 aromatic carbocycles. The lowest BCUT2D eigenvalue weighted by molar-refractivity contribution is -0.132. The SMILES string of the molecule is CCC1C(=O)NC(=O)CN1c1ncnc(NN)c1C. The molecule has 1 unspecified atom stereocenters. The maximum absolute atomic E-state index is 11.8. The summed E-state index contributed by atoms with van der Waals surface area (Å²) in [5.41, 5.74) is 3.17. The highest BCUT2D eigenvalue weighted by molar-refractivity contribution is 6.04. The third kappa shape index (κ3) is 2.34. The van der Waals surface area contributed by atoms with E-state index < -0.39 is 6.04 Å². The Balaban J connectivity index is 2.43. The molecule has 2 rings (SSSR count). The lowest BCUT2D eigenvalue weighted by Crippen LogP contribution is -2.58. The Morgan fingerprint density at radius 2 is 2.26 bits per heavy atom. The number of piperazine rings is 1. The van der Waals surface area contributed by atoms with Crippen molar-refractivity contribution < 1.29 is 9.59 Å². The van der Waals surface area contributed by atoms with E-state index in [4.69, 9.17) is 5.84 Å². The third-order valence-corrected chi connectivity index (χ3v) is 3.11. The molecule has 0 aliphatic carbocycles. The van der Waals surface area contributed by atoms with Crippen molar-refractivity contribution in [3.8, 4) is 0 Å². The second kappa shape index (κ2) is 5.19. The van der Waals surface area contributed by atoms with Crippen molar-refractivity contribution in [3.05, 3.63) is 11.9 Å². The molecule has 8 heteroatoms. The highest BCUT2D eigenvalue weighted by Crippen LogP contribution is 2.25. The number of rotatable bonds is 3. The second-order valence-electron chi connectivity index (χ2n) is 4.28. The molecule has 0 bridgehead atoms. The zero-order chi connectivity index (χ0) is 14.0. The highest BCUT2D eigenvalue weighted by atomic mass is 16.2. The van der Waals surface area contributed by atoms with Crippen LogP contribution in [-0.4, -0.2) is 34.4 Å². The molecular weight excluding hydrogens is 248 g/mol. The van der Waals surface area contributed by atoms with Gasteiger partial charge in [0.15, 0.2) is 0 Å². The number of nitrogens with zero attached hydrogens (tertiary/aromatic N) is 3. The van der Waals surface area contributed by atoms with E-state index in [9.17, 15) is 9.59 Å². The van der Waals surface area contributed by atoms with E-state index in [1.807, 2.05) is 6.92 Å². The summed E-state index contributed by atoms with van der Waals surface area (Å²) >= 11 is 0. The van der Waals surface area contributed by atoms with Gasteiger partial charge in [0.25, 0.3) is 0 Å². The average molecular weight is 264 g/mol. The smallest absolute Gasteiger partial charge is 0.249 e. The number of hydrogen-bond donors (Lipinski definition) is 3. The van der Waals surface area contributed by atoms with Crippen LogP contribution >= 0.6 is 0 Å². The van der Waals surface area contributed by atoms with Crippen molar-refractivity contribution in [2.24, 2.45) is 5.84 Å². The number of imide groups is 1. The fourth-order valence-corrected chi connectivity index (χ4v) is 2.17. The van der Waals surface area contributed by atoms with Gasteiger partial charge in [0.2, 0.25) is 11.8 Å². The van der Waals surface area contributed by atoms with Gasteiger partial charge in [-0.05, 0) is 13.3 Å².